The summed E-state index contributed by atoms with van der Waals surface area (Å²) in [5, 5.41) is 20.3. The molecule has 4 heterocycles. The van der Waals surface area contributed by atoms with Crippen LogP contribution in [0.2, 0.25) is 0 Å². The van der Waals surface area contributed by atoms with Crippen LogP contribution in [0.4, 0.5) is 0 Å². The van der Waals surface area contributed by atoms with Crippen LogP contribution in [0.3, 0.4) is 0 Å². The lowest BCUT2D eigenvalue weighted by atomic mass is 10.2. The van der Waals surface area contributed by atoms with Gasteiger partial charge in [0.2, 0.25) is 0 Å². The maximum atomic E-state index is 13.6. The van der Waals surface area contributed by atoms with Crippen LogP contribution in [0.15, 0.2) is 31.6 Å². The van der Waals surface area contributed by atoms with E-state index in [-0.39, 0.29) is 24.0 Å². The minimum atomic E-state index is -5.01. The third-order valence-corrected chi connectivity index (χ3v) is 10.6. The van der Waals surface area contributed by atoms with Crippen molar-refractivity contribution in [1.29, 1.82) is 0 Å². The number of hydrogen-bond acceptors (Lipinski definition) is 12. The summed E-state index contributed by atoms with van der Waals surface area (Å²) in [5.41, 5.74) is -2.44. The Hall–Kier alpha value is -2.50. The molecule has 18 nitrogen and oxygen atoms in total. The van der Waals surface area contributed by atoms with Gasteiger partial charge in [0.15, 0.2) is 5.90 Å². The van der Waals surface area contributed by atoms with E-state index in [9.17, 15) is 48.3 Å². The van der Waals surface area contributed by atoms with Gasteiger partial charge in [0.1, 0.15) is 24.7 Å². The SMILES string of the molecule is Cc1cn([C@H]2C[C@H](OP(=O)(CP(=O)(O)O)OC[C@H]3O[C@@H](n4cc(C)c(=O)[nH]c4=O)C[C@@H]3O)[C@@H](CO)O2)c(=O)[nH]c1=O. The monoisotopic (exact) mass is 624 g/mol. The van der Waals surface area contributed by atoms with Crippen molar-refractivity contribution in [3.05, 3.63) is 65.2 Å². The molecule has 2 fully saturated rings. The second-order valence-electron chi connectivity index (χ2n) is 9.79. The van der Waals surface area contributed by atoms with Gasteiger partial charge in [-0.05, 0) is 13.8 Å². The fourth-order valence-corrected chi connectivity index (χ4v) is 7.97. The molecule has 2 aliphatic heterocycles. The molecule has 1 unspecified atom stereocenters. The molecule has 2 saturated heterocycles. The summed E-state index contributed by atoms with van der Waals surface area (Å²) in [6.45, 7) is 1.54. The van der Waals surface area contributed by atoms with E-state index >= 15 is 0 Å². The molecule has 228 valence electrons. The minimum absolute atomic E-state index is 0.124. The third-order valence-electron chi connectivity index (χ3n) is 6.57. The van der Waals surface area contributed by atoms with Gasteiger partial charge in [-0.1, -0.05) is 0 Å². The van der Waals surface area contributed by atoms with Gasteiger partial charge in [-0.2, -0.15) is 0 Å². The number of hydrogen-bond donors (Lipinski definition) is 6. The van der Waals surface area contributed by atoms with Gasteiger partial charge in [0, 0.05) is 36.4 Å². The van der Waals surface area contributed by atoms with Gasteiger partial charge in [-0.25, -0.2) is 9.59 Å². The lowest BCUT2D eigenvalue weighted by Gasteiger charge is -2.26. The predicted octanol–water partition coefficient (Wildman–Crippen LogP) is -1.64. The van der Waals surface area contributed by atoms with Crippen molar-refractivity contribution >= 4 is 15.2 Å². The molecular formula is C21H30N4O14P2. The molecule has 0 radical (unpaired) electrons. The number of aromatic nitrogens is 4. The average Bonchev–Trinajstić information content (AvgIpc) is 3.43. The Morgan fingerprint density at radius 1 is 0.927 bits per heavy atom. The first-order valence-electron chi connectivity index (χ1n) is 12.3. The smallest absolute Gasteiger partial charge is 0.343 e. The van der Waals surface area contributed by atoms with E-state index in [4.69, 9.17) is 18.5 Å². The topological polar surface area (TPSA) is 262 Å². The number of H-pyrrole nitrogens is 2. The van der Waals surface area contributed by atoms with E-state index in [1.165, 1.54) is 26.2 Å². The molecule has 41 heavy (non-hydrogen) atoms. The number of nitrogens with one attached hydrogen (secondary N) is 2. The van der Waals surface area contributed by atoms with E-state index in [1.807, 2.05) is 0 Å². The largest absolute Gasteiger partial charge is 0.394 e. The van der Waals surface area contributed by atoms with Crippen molar-refractivity contribution in [3.8, 4) is 0 Å². The summed E-state index contributed by atoms with van der Waals surface area (Å²) in [6.07, 6.45) is -4.95. The average molecular weight is 624 g/mol. The van der Waals surface area contributed by atoms with Crippen molar-refractivity contribution in [3.63, 3.8) is 0 Å². The molecule has 2 aromatic rings. The molecule has 4 rings (SSSR count). The zero-order valence-corrected chi connectivity index (χ0v) is 23.6. The highest BCUT2D eigenvalue weighted by molar-refractivity contribution is 7.70. The normalized spacial score (nSPS) is 28.1. The Balaban J connectivity index is 1.50. The van der Waals surface area contributed by atoms with E-state index in [2.05, 4.69) is 9.97 Å². The second-order valence-corrected chi connectivity index (χ2v) is 13.9. The number of aryl methyl sites for hydroxylation is 2. The van der Waals surface area contributed by atoms with Crippen molar-refractivity contribution in [2.75, 3.05) is 19.1 Å². The minimum Gasteiger partial charge on any atom is -0.394 e. The quantitative estimate of drug-likeness (QED) is 0.162. The van der Waals surface area contributed by atoms with Gasteiger partial charge < -0.3 is 38.5 Å². The molecule has 0 amide bonds. The number of nitrogens with zero attached hydrogens (tertiary/aromatic N) is 2. The molecule has 6 N–H and O–H groups in total. The standard InChI is InChI=1S/C21H30N4O14P2/c1-10-5-24(20(30)22-18(10)28)16-3-12(27)15(38-16)8-36-41(35,9-40(32,33)34)39-13-4-17(37-14(13)7-26)25-6-11(2)19(29)23-21(25)31/h5-6,12-17,26-27H,3-4,7-9H2,1-2H3,(H,22,28,30)(H,23,29,31)(H2,32,33,34)/t12-,13-,14+,15+,16+,17+,41?/m0/s1. The van der Waals surface area contributed by atoms with Crippen molar-refractivity contribution in [2.24, 2.45) is 0 Å². The highest BCUT2D eigenvalue weighted by atomic mass is 31.2. The van der Waals surface area contributed by atoms with Gasteiger partial charge >= 0.3 is 26.6 Å². The second kappa shape index (κ2) is 12.0. The van der Waals surface area contributed by atoms with Gasteiger partial charge in [0.05, 0.1) is 25.4 Å². The van der Waals surface area contributed by atoms with Crippen LogP contribution in [-0.2, 0) is 27.7 Å². The van der Waals surface area contributed by atoms with Gasteiger partial charge in [0.25, 0.3) is 11.1 Å². The van der Waals surface area contributed by atoms with E-state index in [0.29, 0.717) is 0 Å². The molecule has 0 saturated carbocycles. The summed E-state index contributed by atoms with van der Waals surface area (Å²) in [6, 6.07) is 0. The van der Waals surface area contributed by atoms with Crippen molar-refractivity contribution < 1.29 is 47.7 Å². The maximum Gasteiger partial charge on any atom is 0.343 e. The molecule has 0 aliphatic carbocycles. The van der Waals surface area contributed by atoms with Crippen LogP contribution in [0.5, 0.6) is 0 Å². The summed E-state index contributed by atoms with van der Waals surface area (Å²) >= 11 is 0. The first-order valence-corrected chi connectivity index (χ1v) is 15.8. The molecule has 20 heteroatoms. The fraction of sp³-hybridized carbons (Fsp3) is 0.619. The van der Waals surface area contributed by atoms with Crippen LogP contribution < -0.4 is 22.5 Å². The number of aromatic amines is 2. The summed E-state index contributed by atoms with van der Waals surface area (Å²) in [4.78, 5) is 71.2. The zero-order chi connectivity index (χ0) is 30.3. The number of aliphatic hydroxyl groups excluding tert-OH is 2. The highest BCUT2D eigenvalue weighted by Crippen LogP contribution is 2.61. The molecular weight excluding hydrogens is 594 g/mol. The van der Waals surface area contributed by atoms with Gasteiger partial charge in [-0.3, -0.25) is 37.8 Å². The molecule has 7 atom stereocenters. The summed E-state index contributed by atoms with van der Waals surface area (Å²) < 4.78 is 49.6. The van der Waals surface area contributed by atoms with Crippen LogP contribution in [0.1, 0.15) is 36.4 Å². The first kappa shape index (κ1) is 31.4. The van der Waals surface area contributed by atoms with Crippen LogP contribution in [-0.4, -0.2) is 82.6 Å². The molecule has 0 spiro atoms. The van der Waals surface area contributed by atoms with Crippen molar-refractivity contribution in [1.82, 2.24) is 19.1 Å². The molecule has 0 bridgehead atoms. The van der Waals surface area contributed by atoms with Crippen LogP contribution >= 0.6 is 15.2 Å². The molecule has 2 aromatic heterocycles. The van der Waals surface area contributed by atoms with Crippen LogP contribution in [0.25, 0.3) is 0 Å². The third kappa shape index (κ3) is 7.29. The Labute approximate surface area is 230 Å². The summed E-state index contributed by atoms with van der Waals surface area (Å²) in [5.74, 6) is -1.36. The van der Waals surface area contributed by atoms with E-state index in [0.717, 1.165) is 9.13 Å². The molecule has 0 aromatic carbocycles. The molecule has 2 aliphatic rings. The fourth-order valence-electron chi connectivity index (χ4n) is 4.51. The Morgan fingerprint density at radius 2 is 1.44 bits per heavy atom. The Kier molecular flexibility index (Phi) is 9.21. The lowest BCUT2D eigenvalue weighted by molar-refractivity contribution is -0.0523. The Morgan fingerprint density at radius 3 is 1.95 bits per heavy atom. The highest BCUT2D eigenvalue weighted by Gasteiger charge is 2.46. The van der Waals surface area contributed by atoms with E-state index in [1.54, 1.807) is 0 Å². The predicted molar refractivity (Wildman–Crippen MR) is 138 cm³/mol. The number of rotatable bonds is 10. The van der Waals surface area contributed by atoms with E-state index < -0.39 is 93.7 Å². The lowest BCUT2D eigenvalue weighted by Crippen LogP contribution is -2.33. The van der Waals surface area contributed by atoms with Crippen molar-refractivity contribution in [2.45, 2.75) is 63.6 Å². The number of ether oxygens (including phenoxy) is 2. The zero-order valence-electron chi connectivity index (χ0n) is 21.8. The maximum absolute atomic E-state index is 13.6. The van der Waals surface area contributed by atoms with Crippen LogP contribution in [0, 0.1) is 13.8 Å². The summed E-state index contributed by atoms with van der Waals surface area (Å²) in [7, 11) is -9.70. The number of aliphatic hydroxyl groups is 2. The van der Waals surface area contributed by atoms with Gasteiger partial charge in [-0.15, -0.1) is 0 Å². The first-order chi connectivity index (χ1) is 19.1. The Bertz CT molecular complexity index is 1610.